The Balaban J connectivity index is 1.80. The van der Waals surface area contributed by atoms with Gasteiger partial charge in [-0.05, 0) is 51.4 Å². The molecule has 6 heteroatoms. The summed E-state index contributed by atoms with van der Waals surface area (Å²) in [6, 6.07) is 12.0. The van der Waals surface area contributed by atoms with Crippen LogP contribution in [0.4, 0.5) is 5.82 Å². The Morgan fingerprint density at radius 2 is 2.11 bits per heavy atom. The van der Waals surface area contributed by atoms with E-state index >= 15 is 0 Å². The number of carbonyl (C=O) groups excluding carboxylic acids is 1. The number of rotatable bonds is 6. The molecule has 1 aliphatic heterocycles. The number of nitrogens with zero attached hydrogens (tertiary/aromatic N) is 3. The predicted molar refractivity (Wildman–Crippen MR) is 105 cm³/mol. The van der Waals surface area contributed by atoms with Crippen molar-refractivity contribution in [3.63, 3.8) is 0 Å². The summed E-state index contributed by atoms with van der Waals surface area (Å²) < 4.78 is 7.57. The zero-order valence-corrected chi connectivity index (χ0v) is 16.2. The number of ether oxygens (including phenoxy) is 1. The van der Waals surface area contributed by atoms with Crippen molar-refractivity contribution in [2.24, 2.45) is 0 Å². The van der Waals surface area contributed by atoms with Crippen LogP contribution in [-0.4, -0.2) is 48.2 Å². The SMILES string of the molecule is Cc1c(C#N)c(NC(=O)CN(C)C[C@H]2CCCO2)n(-c2ccccc2)c1C. The number of nitrogens with one attached hydrogen (secondary N) is 1. The highest BCUT2D eigenvalue weighted by atomic mass is 16.5. The van der Waals surface area contributed by atoms with Gasteiger partial charge in [0.1, 0.15) is 11.9 Å². The van der Waals surface area contributed by atoms with Crippen LogP contribution in [-0.2, 0) is 9.53 Å². The van der Waals surface area contributed by atoms with E-state index in [0.29, 0.717) is 11.4 Å². The minimum absolute atomic E-state index is 0.137. The van der Waals surface area contributed by atoms with Crippen molar-refractivity contribution >= 4 is 11.7 Å². The van der Waals surface area contributed by atoms with Crippen LogP contribution in [0.2, 0.25) is 0 Å². The van der Waals surface area contributed by atoms with E-state index in [9.17, 15) is 10.1 Å². The minimum atomic E-state index is -0.137. The molecule has 0 aliphatic carbocycles. The number of likely N-dealkylation sites (N-methyl/N-ethyl adjacent to an activating group) is 1. The van der Waals surface area contributed by atoms with E-state index in [1.54, 1.807) is 0 Å². The fourth-order valence-corrected chi connectivity index (χ4v) is 3.58. The fourth-order valence-electron chi connectivity index (χ4n) is 3.58. The van der Waals surface area contributed by atoms with Gasteiger partial charge in [0.15, 0.2) is 0 Å². The molecule has 6 nitrogen and oxygen atoms in total. The van der Waals surface area contributed by atoms with Crippen LogP contribution < -0.4 is 5.32 Å². The third-order valence-corrected chi connectivity index (χ3v) is 5.05. The summed E-state index contributed by atoms with van der Waals surface area (Å²) in [5, 5.41) is 12.6. The topological polar surface area (TPSA) is 70.3 Å². The molecule has 1 aromatic carbocycles. The largest absolute Gasteiger partial charge is 0.377 e. The van der Waals surface area contributed by atoms with Gasteiger partial charge in [0, 0.05) is 24.5 Å². The average molecular weight is 366 g/mol. The maximum absolute atomic E-state index is 12.7. The lowest BCUT2D eigenvalue weighted by molar-refractivity contribution is -0.117. The summed E-state index contributed by atoms with van der Waals surface area (Å²) in [6.07, 6.45) is 2.33. The standard InChI is InChI=1S/C21H26N4O2/c1-15-16(2)25(17-8-5-4-6-9-17)21(19(15)12-22)23-20(26)14-24(3)13-18-10-7-11-27-18/h4-6,8-9,18H,7,10-11,13-14H2,1-3H3,(H,23,26)/t18-/m1/s1. The van der Waals surface area contributed by atoms with Gasteiger partial charge in [-0.25, -0.2) is 0 Å². The van der Waals surface area contributed by atoms with Crippen molar-refractivity contribution < 1.29 is 9.53 Å². The van der Waals surface area contributed by atoms with Gasteiger partial charge in [0.2, 0.25) is 5.91 Å². The van der Waals surface area contributed by atoms with Crippen LogP contribution in [0, 0.1) is 25.2 Å². The average Bonchev–Trinajstić information content (AvgIpc) is 3.22. The van der Waals surface area contributed by atoms with Crippen LogP contribution in [0.15, 0.2) is 30.3 Å². The van der Waals surface area contributed by atoms with E-state index in [-0.39, 0.29) is 18.6 Å². The quantitative estimate of drug-likeness (QED) is 0.853. The number of hydrogen-bond acceptors (Lipinski definition) is 4. The number of benzene rings is 1. The lowest BCUT2D eigenvalue weighted by Crippen LogP contribution is -2.35. The molecule has 1 atom stereocenters. The van der Waals surface area contributed by atoms with Crippen LogP contribution in [0.5, 0.6) is 0 Å². The summed E-state index contributed by atoms with van der Waals surface area (Å²) in [4.78, 5) is 14.6. The van der Waals surface area contributed by atoms with E-state index < -0.39 is 0 Å². The molecule has 2 aromatic rings. The molecule has 1 aromatic heterocycles. The third-order valence-electron chi connectivity index (χ3n) is 5.05. The monoisotopic (exact) mass is 366 g/mol. The molecular formula is C21H26N4O2. The number of anilines is 1. The highest BCUT2D eigenvalue weighted by Crippen LogP contribution is 2.29. The second kappa shape index (κ2) is 8.38. The van der Waals surface area contributed by atoms with Gasteiger partial charge in [0.05, 0.1) is 18.2 Å². The minimum Gasteiger partial charge on any atom is -0.377 e. The maximum Gasteiger partial charge on any atom is 0.239 e. The molecule has 0 saturated carbocycles. The maximum atomic E-state index is 12.7. The van der Waals surface area contributed by atoms with Crippen molar-refractivity contribution in [3.05, 3.63) is 47.2 Å². The molecule has 0 spiro atoms. The Labute approximate surface area is 160 Å². The summed E-state index contributed by atoms with van der Waals surface area (Å²) in [5.41, 5.74) is 3.25. The summed E-state index contributed by atoms with van der Waals surface area (Å²) >= 11 is 0. The van der Waals surface area contributed by atoms with Crippen molar-refractivity contribution in [2.75, 3.05) is 32.1 Å². The molecular weight excluding hydrogens is 340 g/mol. The summed E-state index contributed by atoms with van der Waals surface area (Å²) in [7, 11) is 1.92. The van der Waals surface area contributed by atoms with Crippen molar-refractivity contribution in [1.29, 1.82) is 5.26 Å². The highest BCUT2D eigenvalue weighted by Gasteiger charge is 2.22. The Hall–Kier alpha value is -2.62. The van der Waals surface area contributed by atoms with Crippen molar-refractivity contribution in [1.82, 2.24) is 9.47 Å². The number of nitriles is 1. The smallest absolute Gasteiger partial charge is 0.239 e. The molecule has 0 unspecified atom stereocenters. The Bertz CT molecular complexity index is 845. The zero-order valence-electron chi connectivity index (χ0n) is 16.2. The Morgan fingerprint density at radius 1 is 1.37 bits per heavy atom. The summed E-state index contributed by atoms with van der Waals surface area (Å²) in [6.45, 7) is 5.66. The third kappa shape index (κ3) is 4.21. The van der Waals surface area contributed by atoms with Crippen molar-refractivity contribution in [2.45, 2.75) is 32.8 Å². The van der Waals surface area contributed by atoms with E-state index in [1.165, 1.54) is 0 Å². The molecule has 2 heterocycles. The van der Waals surface area contributed by atoms with Crippen LogP contribution in [0.3, 0.4) is 0 Å². The molecule has 0 radical (unpaired) electrons. The van der Waals surface area contributed by atoms with Crippen LogP contribution >= 0.6 is 0 Å². The number of aromatic nitrogens is 1. The van der Waals surface area contributed by atoms with Gasteiger partial charge < -0.3 is 10.1 Å². The van der Waals surface area contributed by atoms with Crippen LogP contribution in [0.1, 0.15) is 29.7 Å². The zero-order chi connectivity index (χ0) is 19.4. The van der Waals surface area contributed by atoms with E-state index in [0.717, 1.165) is 42.9 Å². The molecule has 3 rings (SSSR count). The first-order valence-corrected chi connectivity index (χ1v) is 9.28. The van der Waals surface area contributed by atoms with Crippen LogP contribution in [0.25, 0.3) is 5.69 Å². The molecule has 1 saturated heterocycles. The van der Waals surface area contributed by atoms with Gasteiger partial charge >= 0.3 is 0 Å². The number of para-hydroxylation sites is 1. The molecule has 142 valence electrons. The Kier molecular flexibility index (Phi) is 5.94. The van der Waals surface area contributed by atoms with Gasteiger partial charge in [0.25, 0.3) is 0 Å². The van der Waals surface area contributed by atoms with Gasteiger partial charge in [-0.1, -0.05) is 18.2 Å². The molecule has 1 fully saturated rings. The normalized spacial score (nSPS) is 16.5. The molecule has 1 aliphatic rings. The molecule has 1 amide bonds. The molecule has 27 heavy (non-hydrogen) atoms. The van der Waals surface area contributed by atoms with E-state index in [2.05, 4.69) is 11.4 Å². The second-order valence-electron chi connectivity index (χ2n) is 7.10. The van der Waals surface area contributed by atoms with Crippen molar-refractivity contribution in [3.8, 4) is 11.8 Å². The number of hydrogen-bond donors (Lipinski definition) is 1. The van der Waals surface area contributed by atoms with E-state index in [4.69, 9.17) is 4.74 Å². The molecule has 0 bridgehead atoms. The first-order valence-electron chi connectivity index (χ1n) is 9.28. The molecule has 1 N–H and O–H groups in total. The fraction of sp³-hybridized carbons (Fsp3) is 0.429. The number of amides is 1. The van der Waals surface area contributed by atoms with Gasteiger partial charge in [-0.15, -0.1) is 0 Å². The number of carbonyl (C=O) groups is 1. The predicted octanol–water partition coefficient (Wildman–Crippen LogP) is 3.02. The highest BCUT2D eigenvalue weighted by molar-refractivity contribution is 5.93. The lowest BCUT2D eigenvalue weighted by atomic mass is 10.2. The van der Waals surface area contributed by atoms with E-state index in [1.807, 2.05) is 60.7 Å². The van der Waals surface area contributed by atoms with Gasteiger partial charge in [-0.2, -0.15) is 5.26 Å². The Morgan fingerprint density at radius 3 is 2.74 bits per heavy atom. The summed E-state index contributed by atoms with van der Waals surface area (Å²) in [5.74, 6) is 0.399. The lowest BCUT2D eigenvalue weighted by Gasteiger charge is -2.20. The first kappa shape index (κ1) is 19.2. The van der Waals surface area contributed by atoms with Gasteiger partial charge in [-0.3, -0.25) is 14.3 Å². The first-order chi connectivity index (χ1) is 13.0. The second-order valence-corrected chi connectivity index (χ2v) is 7.10.